The highest BCUT2D eigenvalue weighted by Crippen LogP contribution is 2.31. The smallest absolute Gasteiger partial charge is 0.264 e. The fourth-order valence-electron chi connectivity index (χ4n) is 12.0. The number of nitrogens with zero attached hydrogens (tertiary/aromatic N) is 1. The van der Waals surface area contributed by atoms with E-state index >= 15 is 0 Å². The lowest BCUT2D eigenvalue weighted by molar-refractivity contribution is 0.167. The van der Waals surface area contributed by atoms with Gasteiger partial charge >= 0.3 is 0 Å². The van der Waals surface area contributed by atoms with Crippen molar-refractivity contribution in [1.29, 1.82) is 5.26 Å². The van der Waals surface area contributed by atoms with Gasteiger partial charge in [0.2, 0.25) is 0 Å². The van der Waals surface area contributed by atoms with Crippen molar-refractivity contribution >= 4 is 145 Å². The van der Waals surface area contributed by atoms with E-state index in [1.165, 1.54) is 174 Å². The molecule has 2 aliphatic rings. The molecule has 3 radical (unpaired) electrons. The summed E-state index contributed by atoms with van der Waals surface area (Å²) in [4.78, 5) is 6.27. The van der Waals surface area contributed by atoms with Crippen LogP contribution in [-0.4, -0.2) is 143 Å². The van der Waals surface area contributed by atoms with Gasteiger partial charge in [-0.25, -0.2) is 0 Å². The number of thioether (sulfide) groups is 5. The summed E-state index contributed by atoms with van der Waals surface area (Å²) in [6, 6.07) is 43.9. The Morgan fingerprint density at radius 3 is 1.10 bits per heavy atom. The topological polar surface area (TPSA) is 176 Å². The first-order valence-electron chi connectivity index (χ1n) is 41.6. The SMILES string of the molecule is C1CCOC1.CCCC(CCC)COS(C)(=O)=O.CCCC(CCC)CSc1cccc(Br)c1.CCCC(CCC)CSc1cccc(CC(O)CC#N)c1.CCCC(CCC)CSc1cccc(CC(O)CCN)c1.CCCC(CCC)CSc1cccc(CC(O)CCl)c1.CSC.ClCC1CO1.Sc1cccc(Br)c1.[B]. The van der Waals surface area contributed by atoms with E-state index < -0.39 is 22.3 Å². The zero-order valence-corrected chi connectivity index (χ0v) is 82.0. The molecule has 22 heteroatoms. The van der Waals surface area contributed by atoms with E-state index in [9.17, 15) is 23.7 Å². The van der Waals surface area contributed by atoms with Crippen molar-refractivity contribution in [1.82, 2.24) is 0 Å². The van der Waals surface area contributed by atoms with Crippen LogP contribution < -0.4 is 5.73 Å². The third-order valence-corrected chi connectivity index (χ3v) is 25.0. The lowest BCUT2D eigenvalue weighted by Crippen LogP contribution is -2.15. The molecule has 5 aromatic rings. The minimum Gasteiger partial charge on any atom is -0.393 e. The van der Waals surface area contributed by atoms with Crippen molar-refractivity contribution in [2.24, 2.45) is 35.3 Å². The van der Waals surface area contributed by atoms with Crippen molar-refractivity contribution in [2.75, 3.05) is 86.5 Å². The number of rotatable bonds is 46. The third-order valence-electron chi connectivity index (χ3n) is 17.6. The Kier molecular flexibility index (Phi) is 82.9. The number of hydrogen-bond acceptors (Lipinski definition) is 16. The maximum absolute atomic E-state index is 10.7. The van der Waals surface area contributed by atoms with Gasteiger partial charge in [0.1, 0.15) is 0 Å². The molecule has 645 valence electrons. The van der Waals surface area contributed by atoms with Crippen LogP contribution in [0.1, 0.15) is 240 Å². The van der Waals surface area contributed by atoms with Gasteiger partial charge in [-0.05, 0) is 241 Å². The quantitative estimate of drug-likeness (QED) is 0.00621. The van der Waals surface area contributed by atoms with Gasteiger partial charge in [0.25, 0.3) is 10.1 Å². The predicted octanol–water partition coefficient (Wildman–Crippen LogP) is 26.9. The third kappa shape index (κ3) is 72.3. The van der Waals surface area contributed by atoms with E-state index in [4.69, 9.17) is 47.9 Å². The molecule has 7 rings (SSSR count). The number of thiol groups is 1. The van der Waals surface area contributed by atoms with E-state index in [2.05, 4.69) is 199 Å². The van der Waals surface area contributed by atoms with Gasteiger partial charge in [-0.1, -0.05) is 214 Å². The molecule has 4 atom stereocenters. The molecule has 113 heavy (non-hydrogen) atoms. The van der Waals surface area contributed by atoms with Crippen molar-refractivity contribution < 1.29 is 37.4 Å². The number of benzene rings is 5. The van der Waals surface area contributed by atoms with Crippen molar-refractivity contribution in [3.05, 3.63) is 147 Å². The Balaban J connectivity index is -0.00000126. The lowest BCUT2D eigenvalue weighted by atomic mass is 10.00. The van der Waals surface area contributed by atoms with Gasteiger partial charge in [0, 0.05) is 83.9 Å². The molecule has 0 saturated carbocycles. The molecule has 5 N–H and O–H groups in total. The summed E-state index contributed by atoms with van der Waals surface area (Å²) in [5.41, 5.74) is 8.99. The number of halogens is 4. The molecular formula is C91H150BBr2Cl2N2O8S7. The Morgan fingerprint density at radius 2 is 0.841 bits per heavy atom. The maximum atomic E-state index is 10.7. The number of aliphatic hydroxyl groups excluding tert-OH is 3. The number of hydrogen-bond donors (Lipinski definition) is 5. The average Bonchev–Trinajstić information content (AvgIpc) is 1.89. The number of epoxide rings is 1. The Hall–Kier alpha value is -1.04. The van der Waals surface area contributed by atoms with E-state index in [0.717, 1.165) is 90.4 Å². The van der Waals surface area contributed by atoms with Crippen LogP contribution in [-0.2, 0) is 43.0 Å². The van der Waals surface area contributed by atoms with E-state index in [-0.39, 0.29) is 20.9 Å². The Morgan fingerprint density at radius 1 is 0.522 bits per heavy atom. The standard InChI is InChI=1S/C18H31NOS.C18H27NOS.C17H27ClOS.C14H21BrS.C9H20O3S.C6H5BrS.C4H8O.C3H5ClO.C2H6S.B/c2*1-3-6-15(7-4-2)14-21-18-9-5-8-16(13-18)12-17(20)10-11-19;1-3-6-14(7-4-2)13-20-17-9-5-8-15(11-17)10-16(19)12-18;1-3-6-12(7-4-2)11-16-14-9-5-8-13(15)10-14;1-4-6-9(7-5-2)8-12-13(3,10)11;7-5-2-1-3-6(8)4-5;1-2-4-5-3-1;4-1-3-2-5-3;1-3-2;/h5,8-9,13,15,17,20H,3-4,6-7,10-12,14,19H2,1-2H3;5,8-9,13,15,17,20H,3-4,6-7,10,12,14H2,1-2H3;5,8-9,11,14,16,19H,3-4,6-7,10,12-13H2,1-2H3;5,8-10,12H,3-4,6-7,11H2,1-2H3;9H,4-8H2,1-3H3;1-4,8H;1-4H2;3H,1-2H2;1-2H3;. The monoisotopic (exact) mass is 1860 g/mol. The van der Waals surface area contributed by atoms with Crippen LogP contribution in [0, 0.1) is 40.9 Å². The normalized spacial score (nSPS) is 13.3. The Labute approximate surface area is 747 Å². The van der Waals surface area contributed by atoms with E-state index in [1.807, 2.05) is 102 Å². The lowest BCUT2D eigenvalue weighted by Gasteiger charge is -2.15. The first-order valence-corrected chi connectivity index (χ1v) is 52.1. The predicted molar refractivity (Wildman–Crippen MR) is 515 cm³/mol. The summed E-state index contributed by atoms with van der Waals surface area (Å²) in [6.45, 7) is 26.1. The summed E-state index contributed by atoms with van der Waals surface area (Å²) in [5.74, 6) is 9.54. The van der Waals surface area contributed by atoms with Crippen LogP contribution in [0.3, 0.4) is 0 Å². The maximum Gasteiger partial charge on any atom is 0.264 e. The van der Waals surface area contributed by atoms with Crippen molar-refractivity contribution in [2.45, 2.75) is 291 Å². The number of ether oxygens (including phenoxy) is 2. The highest BCUT2D eigenvalue weighted by atomic mass is 79.9. The molecule has 0 aliphatic carbocycles. The van der Waals surface area contributed by atoms with E-state index in [1.54, 1.807) is 11.8 Å². The second-order valence-corrected chi connectivity index (χ2v) is 38.6. The zero-order valence-electron chi connectivity index (χ0n) is 71.5. The number of nitrogens with two attached hydrogens (primary N) is 1. The summed E-state index contributed by atoms with van der Waals surface area (Å²) in [7, 11) is -3.26. The summed E-state index contributed by atoms with van der Waals surface area (Å²) in [5, 5.41) is 37.8. The largest absolute Gasteiger partial charge is 0.393 e. The molecule has 5 aromatic carbocycles. The first-order chi connectivity index (χ1) is 54.0. The highest BCUT2D eigenvalue weighted by molar-refractivity contribution is 9.10. The molecule has 2 fully saturated rings. The number of aliphatic hydroxyl groups is 3. The van der Waals surface area contributed by atoms with Gasteiger partial charge in [-0.3, -0.25) is 4.18 Å². The highest BCUT2D eigenvalue weighted by Gasteiger charge is 2.20. The first kappa shape index (κ1) is 116. The minimum atomic E-state index is -3.26. The second kappa shape index (κ2) is 80.7. The molecule has 0 amide bonds. The van der Waals surface area contributed by atoms with Gasteiger partial charge < -0.3 is 30.5 Å². The zero-order chi connectivity index (χ0) is 83.8. The summed E-state index contributed by atoms with van der Waals surface area (Å²) < 4.78 is 38.1. The second-order valence-electron chi connectivity index (χ2n) is 28.8. The van der Waals surface area contributed by atoms with Crippen LogP contribution in [0.2, 0.25) is 0 Å². The van der Waals surface area contributed by atoms with Crippen LogP contribution in [0.5, 0.6) is 0 Å². The van der Waals surface area contributed by atoms with Crippen molar-refractivity contribution in [3.8, 4) is 6.07 Å². The molecule has 2 heterocycles. The van der Waals surface area contributed by atoms with Crippen LogP contribution in [0.15, 0.2) is 155 Å². The van der Waals surface area contributed by atoms with Crippen LogP contribution in [0.4, 0.5) is 0 Å². The minimum absolute atomic E-state index is 0. The fourth-order valence-corrected chi connectivity index (χ4v) is 18.8. The molecule has 2 saturated heterocycles. The molecule has 0 aromatic heterocycles. The van der Waals surface area contributed by atoms with Gasteiger partial charge in [-0.2, -0.15) is 25.4 Å². The Bertz CT molecular complexity index is 3060. The van der Waals surface area contributed by atoms with Gasteiger partial charge in [-0.15, -0.1) is 82.9 Å². The molecular weight excluding hydrogens is 1720 g/mol. The fraction of sp³-hybridized carbons (Fsp3) is 0.659. The molecule has 0 spiro atoms. The molecule has 2 aliphatic heterocycles. The van der Waals surface area contributed by atoms with E-state index in [0.29, 0.717) is 62.6 Å². The molecule has 10 nitrogen and oxygen atoms in total. The number of nitriles is 1. The number of alkyl halides is 2. The van der Waals surface area contributed by atoms with Crippen LogP contribution >= 0.6 is 126 Å². The molecule has 0 bridgehead atoms. The van der Waals surface area contributed by atoms with Crippen LogP contribution in [0.25, 0.3) is 0 Å². The van der Waals surface area contributed by atoms with Gasteiger partial charge in [0.05, 0.1) is 62.3 Å². The molecule has 4 unspecified atom stereocenters. The van der Waals surface area contributed by atoms with Crippen molar-refractivity contribution in [3.63, 3.8) is 0 Å². The van der Waals surface area contributed by atoms with Gasteiger partial charge in [0.15, 0.2) is 0 Å². The average molecular weight is 1870 g/mol. The summed E-state index contributed by atoms with van der Waals surface area (Å²) >= 11 is 31.4. The summed E-state index contributed by atoms with van der Waals surface area (Å²) in [6.07, 6.45) is 34.8.